The lowest BCUT2D eigenvalue weighted by Crippen LogP contribution is -2.14. The van der Waals surface area contributed by atoms with E-state index < -0.39 is 0 Å². The third-order valence-corrected chi connectivity index (χ3v) is 4.35. The van der Waals surface area contributed by atoms with Gasteiger partial charge in [0, 0.05) is 17.6 Å². The number of fused-ring (bicyclic) bond motifs is 4. The Morgan fingerprint density at radius 1 is 1.12 bits per heavy atom. The lowest BCUT2D eigenvalue weighted by Gasteiger charge is -2.03. The minimum Gasteiger partial charge on any atom is -0.497 e. The highest BCUT2D eigenvalue weighted by atomic mass is 16.7. The number of aromatic nitrogens is 3. The molecule has 2 aromatic carbocycles. The number of H-pyrrole nitrogens is 1. The molecule has 0 bridgehead atoms. The average Bonchev–Trinajstić information content (AvgIpc) is 3.24. The van der Waals surface area contributed by atoms with Crippen molar-refractivity contribution in [2.45, 2.75) is 0 Å². The fraction of sp³-hybridized carbons (Fsp3) is 0.111. The minimum atomic E-state index is -0.160. The SMILES string of the molecule is COc1ccc(-n2[nH]c3c(cnc4cc5c(cc43)OCO5)c2=O)cc1. The topological polar surface area (TPSA) is 78.4 Å². The first-order valence-corrected chi connectivity index (χ1v) is 7.72. The van der Waals surface area contributed by atoms with Gasteiger partial charge in [-0.25, -0.2) is 4.68 Å². The zero-order chi connectivity index (χ0) is 17.0. The molecular formula is C18H13N3O4. The lowest BCUT2D eigenvalue weighted by molar-refractivity contribution is 0.174. The Labute approximate surface area is 141 Å². The summed E-state index contributed by atoms with van der Waals surface area (Å²) in [6.45, 7) is 0.193. The summed E-state index contributed by atoms with van der Waals surface area (Å²) in [5.41, 5.74) is 2.01. The predicted octanol–water partition coefficient (Wildman–Crippen LogP) is 2.60. The van der Waals surface area contributed by atoms with Gasteiger partial charge < -0.3 is 14.2 Å². The van der Waals surface area contributed by atoms with E-state index in [0.717, 1.165) is 22.3 Å². The van der Waals surface area contributed by atoms with E-state index in [0.29, 0.717) is 22.4 Å². The molecule has 3 heterocycles. The summed E-state index contributed by atoms with van der Waals surface area (Å²) in [4.78, 5) is 17.2. The van der Waals surface area contributed by atoms with Crippen LogP contribution in [0.4, 0.5) is 0 Å². The van der Waals surface area contributed by atoms with Crippen LogP contribution in [0.3, 0.4) is 0 Å². The normalized spacial score (nSPS) is 12.8. The van der Waals surface area contributed by atoms with Crippen LogP contribution in [0, 0.1) is 0 Å². The molecular weight excluding hydrogens is 322 g/mol. The van der Waals surface area contributed by atoms with Crippen LogP contribution in [0.15, 0.2) is 47.4 Å². The second kappa shape index (κ2) is 5.01. The van der Waals surface area contributed by atoms with Crippen LogP contribution in [0.1, 0.15) is 0 Å². The number of hydrogen-bond acceptors (Lipinski definition) is 5. The van der Waals surface area contributed by atoms with Crippen LogP contribution in [-0.2, 0) is 0 Å². The molecule has 0 atom stereocenters. The van der Waals surface area contributed by atoms with Crippen molar-refractivity contribution in [2.24, 2.45) is 0 Å². The van der Waals surface area contributed by atoms with E-state index in [2.05, 4.69) is 10.1 Å². The first-order valence-electron chi connectivity index (χ1n) is 7.72. The van der Waals surface area contributed by atoms with E-state index in [1.165, 1.54) is 4.68 Å². The number of pyridine rings is 1. The van der Waals surface area contributed by atoms with Crippen molar-refractivity contribution in [3.05, 3.63) is 52.9 Å². The first kappa shape index (κ1) is 13.9. The molecule has 124 valence electrons. The summed E-state index contributed by atoms with van der Waals surface area (Å²) in [6.07, 6.45) is 1.58. The third-order valence-electron chi connectivity index (χ3n) is 4.35. The molecule has 1 aliphatic rings. The molecule has 1 N–H and O–H groups in total. The monoisotopic (exact) mass is 335 g/mol. The van der Waals surface area contributed by atoms with Crippen LogP contribution >= 0.6 is 0 Å². The molecule has 4 aromatic rings. The summed E-state index contributed by atoms with van der Waals surface area (Å²) in [5, 5.41) is 4.51. The zero-order valence-corrected chi connectivity index (χ0v) is 13.3. The van der Waals surface area contributed by atoms with Gasteiger partial charge in [0.15, 0.2) is 11.5 Å². The maximum Gasteiger partial charge on any atom is 0.280 e. The van der Waals surface area contributed by atoms with Crippen LogP contribution in [0.5, 0.6) is 17.2 Å². The molecule has 0 spiro atoms. The van der Waals surface area contributed by atoms with E-state index in [-0.39, 0.29) is 12.4 Å². The van der Waals surface area contributed by atoms with Crippen molar-refractivity contribution in [3.8, 4) is 22.9 Å². The largest absolute Gasteiger partial charge is 0.497 e. The van der Waals surface area contributed by atoms with Crippen molar-refractivity contribution in [3.63, 3.8) is 0 Å². The van der Waals surface area contributed by atoms with Crippen molar-refractivity contribution in [2.75, 3.05) is 13.9 Å². The Balaban J connectivity index is 1.77. The van der Waals surface area contributed by atoms with Gasteiger partial charge in [-0.15, -0.1) is 0 Å². The van der Waals surface area contributed by atoms with Gasteiger partial charge in [-0.2, -0.15) is 0 Å². The predicted molar refractivity (Wildman–Crippen MR) is 91.9 cm³/mol. The highest BCUT2D eigenvalue weighted by molar-refractivity contribution is 6.04. The van der Waals surface area contributed by atoms with Crippen LogP contribution < -0.4 is 19.8 Å². The average molecular weight is 335 g/mol. The number of hydrogen-bond donors (Lipinski definition) is 1. The van der Waals surface area contributed by atoms with Crippen molar-refractivity contribution in [1.82, 2.24) is 14.8 Å². The number of nitrogens with one attached hydrogen (secondary N) is 1. The van der Waals surface area contributed by atoms with Crippen LogP contribution in [0.25, 0.3) is 27.5 Å². The molecule has 0 aliphatic carbocycles. The smallest absolute Gasteiger partial charge is 0.280 e. The van der Waals surface area contributed by atoms with E-state index in [4.69, 9.17) is 14.2 Å². The van der Waals surface area contributed by atoms with Gasteiger partial charge in [-0.3, -0.25) is 14.9 Å². The van der Waals surface area contributed by atoms with Gasteiger partial charge in [-0.1, -0.05) is 0 Å². The van der Waals surface area contributed by atoms with Gasteiger partial charge in [0.2, 0.25) is 6.79 Å². The third kappa shape index (κ3) is 1.99. The summed E-state index contributed by atoms with van der Waals surface area (Å²) >= 11 is 0. The standard InChI is InChI=1S/C18H13N3O4/c1-23-11-4-2-10(3-5-11)21-18(22)13-8-19-14-7-16-15(24-9-25-16)6-12(14)17(13)20-21/h2-8,20H,9H2,1H3. The molecule has 0 unspecified atom stereocenters. The summed E-state index contributed by atoms with van der Waals surface area (Å²) in [5.74, 6) is 2.05. The molecule has 0 saturated heterocycles. The number of rotatable bonds is 2. The van der Waals surface area contributed by atoms with Crippen molar-refractivity contribution < 1.29 is 14.2 Å². The number of benzene rings is 2. The summed E-state index contributed by atoms with van der Waals surface area (Å²) in [7, 11) is 1.60. The Bertz CT molecular complexity index is 1180. The molecule has 0 radical (unpaired) electrons. The second-order valence-electron chi connectivity index (χ2n) is 5.72. The Hall–Kier alpha value is -3.48. The maximum atomic E-state index is 12.8. The fourth-order valence-electron chi connectivity index (χ4n) is 3.06. The Morgan fingerprint density at radius 3 is 2.64 bits per heavy atom. The first-order chi connectivity index (χ1) is 12.2. The van der Waals surface area contributed by atoms with Gasteiger partial charge in [0.1, 0.15) is 5.75 Å². The minimum absolute atomic E-state index is 0.160. The van der Waals surface area contributed by atoms with Gasteiger partial charge in [0.25, 0.3) is 5.56 Å². The number of methoxy groups -OCH3 is 1. The van der Waals surface area contributed by atoms with Gasteiger partial charge in [-0.05, 0) is 30.3 Å². The molecule has 1 aliphatic heterocycles. The fourth-order valence-corrected chi connectivity index (χ4v) is 3.06. The Kier molecular flexibility index (Phi) is 2.79. The van der Waals surface area contributed by atoms with E-state index >= 15 is 0 Å². The molecule has 0 amide bonds. The highest BCUT2D eigenvalue weighted by Gasteiger charge is 2.18. The quantitative estimate of drug-likeness (QED) is 0.609. The number of nitrogens with zero attached hydrogens (tertiary/aromatic N) is 2. The lowest BCUT2D eigenvalue weighted by atomic mass is 10.1. The van der Waals surface area contributed by atoms with E-state index in [1.54, 1.807) is 13.3 Å². The van der Waals surface area contributed by atoms with Crippen molar-refractivity contribution in [1.29, 1.82) is 0 Å². The molecule has 7 nitrogen and oxygen atoms in total. The number of aromatic amines is 1. The summed E-state index contributed by atoms with van der Waals surface area (Å²) in [6, 6.07) is 10.9. The number of ether oxygens (including phenoxy) is 3. The second-order valence-corrected chi connectivity index (χ2v) is 5.72. The van der Waals surface area contributed by atoms with Crippen LogP contribution in [0.2, 0.25) is 0 Å². The van der Waals surface area contributed by atoms with Gasteiger partial charge in [0.05, 0.1) is 29.2 Å². The molecule has 0 saturated carbocycles. The molecule has 2 aromatic heterocycles. The zero-order valence-electron chi connectivity index (χ0n) is 13.3. The van der Waals surface area contributed by atoms with Crippen LogP contribution in [-0.4, -0.2) is 28.7 Å². The Morgan fingerprint density at radius 2 is 1.88 bits per heavy atom. The molecule has 0 fully saturated rings. The van der Waals surface area contributed by atoms with Gasteiger partial charge >= 0.3 is 0 Å². The van der Waals surface area contributed by atoms with E-state index in [1.807, 2.05) is 36.4 Å². The summed E-state index contributed by atoms with van der Waals surface area (Å²) < 4.78 is 17.5. The van der Waals surface area contributed by atoms with Crippen molar-refractivity contribution >= 4 is 21.8 Å². The molecule has 25 heavy (non-hydrogen) atoms. The highest BCUT2D eigenvalue weighted by Crippen LogP contribution is 2.37. The molecule has 7 heteroatoms. The van der Waals surface area contributed by atoms with E-state index in [9.17, 15) is 4.79 Å². The maximum absolute atomic E-state index is 12.8. The molecule has 5 rings (SSSR count).